The number of aliphatic hydroxyl groups excluding tert-OH is 1. The van der Waals surface area contributed by atoms with Crippen molar-refractivity contribution in [3.05, 3.63) is 22.7 Å². The van der Waals surface area contributed by atoms with E-state index in [1.165, 1.54) is 0 Å². The highest BCUT2D eigenvalue weighted by molar-refractivity contribution is 6.31. The van der Waals surface area contributed by atoms with E-state index in [1.807, 2.05) is 19.9 Å². The molecule has 4 heteroatoms. The third-order valence-electron chi connectivity index (χ3n) is 2.48. The van der Waals surface area contributed by atoms with Crippen LogP contribution in [0.25, 0.3) is 0 Å². The van der Waals surface area contributed by atoms with Crippen molar-refractivity contribution in [1.82, 2.24) is 0 Å². The lowest BCUT2D eigenvalue weighted by molar-refractivity contribution is 0.183. The molecule has 1 unspecified atom stereocenters. The van der Waals surface area contributed by atoms with E-state index in [9.17, 15) is 5.11 Å². The predicted octanol–water partition coefficient (Wildman–Crippen LogP) is 2.84. The standard InChI is InChI=1S/C12H18ClNO2/c1-4-9(15)7-14-11-5-8(2)10(13)6-12(11)16-3/h5-6,9,14-15H,4,7H2,1-3H3. The van der Waals surface area contributed by atoms with Crippen LogP contribution in [-0.4, -0.2) is 24.9 Å². The molecule has 3 nitrogen and oxygen atoms in total. The number of nitrogens with one attached hydrogen (secondary N) is 1. The van der Waals surface area contributed by atoms with Crippen molar-refractivity contribution in [2.75, 3.05) is 19.0 Å². The number of rotatable bonds is 5. The van der Waals surface area contributed by atoms with Crippen LogP contribution < -0.4 is 10.1 Å². The molecule has 0 radical (unpaired) electrons. The monoisotopic (exact) mass is 243 g/mol. The Hall–Kier alpha value is -0.930. The van der Waals surface area contributed by atoms with Gasteiger partial charge in [0.15, 0.2) is 0 Å². The van der Waals surface area contributed by atoms with Crippen LogP contribution in [0, 0.1) is 6.92 Å². The first kappa shape index (κ1) is 13.1. The Balaban J connectivity index is 2.81. The fourth-order valence-electron chi connectivity index (χ4n) is 1.34. The van der Waals surface area contributed by atoms with E-state index < -0.39 is 0 Å². The zero-order chi connectivity index (χ0) is 12.1. The Bertz CT molecular complexity index is 355. The van der Waals surface area contributed by atoms with Gasteiger partial charge in [-0.05, 0) is 25.0 Å². The minimum absolute atomic E-state index is 0.347. The molecule has 0 aliphatic heterocycles. The van der Waals surface area contributed by atoms with Gasteiger partial charge in [0.1, 0.15) is 5.75 Å². The number of aliphatic hydroxyl groups is 1. The molecular weight excluding hydrogens is 226 g/mol. The number of methoxy groups -OCH3 is 1. The van der Waals surface area contributed by atoms with E-state index in [4.69, 9.17) is 16.3 Å². The number of benzene rings is 1. The van der Waals surface area contributed by atoms with Crippen molar-refractivity contribution in [1.29, 1.82) is 0 Å². The first-order valence-electron chi connectivity index (χ1n) is 5.34. The lowest BCUT2D eigenvalue weighted by Gasteiger charge is -2.15. The number of anilines is 1. The zero-order valence-electron chi connectivity index (χ0n) is 9.88. The largest absolute Gasteiger partial charge is 0.495 e. The van der Waals surface area contributed by atoms with Gasteiger partial charge in [-0.15, -0.1) is 0 Å². The third kappa shape index (κ3) is 3.29. The van der Waals surface area contributed by atoms with Crippen LogP contribution in [0.15, 0.2) is 12.1 Å². The normalized spacial score (nSPS) is 12.3. The lowest BCUT2D eigenvalue weighted by Crippen LogP contribution is -2.18. The topological polar surface area (TPSA) is 41.5 Å². The summed E-state index contributed by atoms with van der Waals surface area (Å²) >= 11 is 6.00. The summed E-state index contributed by atoms with van der Waals surface area (Å²) in [7, 11) is 1.60. The molecule has 90 valence electrons. The van der Waals surface area contributed by atoms with E-state index in [1.54, 1.807) is 13.2 Å². The number of hydrogen-bond acceptors (Lipinski definition) is 3. The molecule has 1 aromatic rings. The molecular formula is C12H18ClNO2. The highest BCUT2D eigenvalue weighted by Gasteiger charge is 2.08. The van der Waals surface area contributed by atoms with Gasteiger partial charge in [0.25, 0.3) is 0 Å². The van der Waals surface area contributed by atoms with Gasteiger partial charge < -0.3 is 15.2 Å². The van der Waals surface area contributed by atoms with Crippen molar-refractivity contribution in [2.45, 2.75) is 26.4 Å². The Morgan fingerprint density at radius 3 is 2.75 bits per heavy atom. The SMILES string of the molecule is CCC(O)CNc1cc(C)c(Cl)cc1OC. The van der Waals surface area contributed by atoms with Gasteiger partial charge in [-0.1, -0.05) is 18.5 Å². The number of aryl methyl sites for hydroxylation is 1. The second kappa shape index (κ2) is 5.97. The maximum Gasteiger partial charge on any atom is 0.143 e. The Morgan fingerprint density at radius 1 is 1.50 bits per heavy atom. The molecule has 0 bridgehead atoms. The van der Waals surface area contributed by atoms with Crippen LogP contribution in [-0.2, 0) is 0 Å². The molecule has 0 saturated carbocycles. The van der Waals surface area contributed by atoms with Crippen LogP contribution in [0.4, 0.5) is 5.69 Å². The van der Waals surface area contributed by atoms with Crippen molar-refractivity contribution in [2.24, 2.45) is 0 Å². The first-order valence-corrected chi connectivity index (χ1v) is 5.72. The molecule has 16 heavy (non-hydrogen) atoms. The van der Waals surface area contributed by atoms with Crippen molar-refractivity contribution in [3.63, 3.8) is 0 Å². The van der Waals surface area contributed by atoms with Gasteiger partial charge >= 0.3 is 0 Å². The summed E-state index contributed by atoms with van der Waals surface area (Å²) in [5.74, 6) is 0.693. The van der Waals surface area contributed by atoms with E-state index in [0.29, 0.717) is 17.3 Å². The van der Waals surface area contributed by atoms with E-state index in [0.717, 1.165) is 17.7 Å². The maximum absolute atomic E-state index is 9.48. The average Bonchev–Trinajstić information content (AvgIpc) is 2.29. The minimum Gasteiger partial charge on any atom is -0.495 e. The van der Waals surface area contributed by atoms with Crippen LogP contribution in [0.1, 0.15) is 18.9 Å². The summed E-state index contributed by atoms with van der Waals surface area (Å²) < 4.78 is 5.22. The third-order valence-corrected chi connectivity index (χ3v) is 2.89. The van der Waals surface area contributed by atoms with Crippen molar-refractivity contribution < 1.29 is 9.84 Å². The highest BCUT2D eigenvalue weighted by atomic mass is 35.5. The summed E-state index contributed by atoms with van der Waals surface area (Å²) in [6, 6.07) is 3.70. The fraction of sp³-hybridized carbons (Fsp3) is 0.500. The Kier molecular flexibility index (Phi) is 4.90. The molecule has 0 amide bonds. The van der Waals surface area contributed by atoms with Gasteiger partial charge in [0.05, 0.1) is 18.9 Å². The minimum atomic E-state index is -0.347. The highest BCUT2D eigenvalue weighted by Crippen LogP contribution is 2.30. The van der Waals surface area contributed by atoms with Crippen LogP contribution in [0.2, 0.25) is 5.02 Å². The Morgan fingerprint density at radius 2 is 2.19 bits per heavy atom. The van der Waals surface area contributed by atoms with Gasteiger partial charge in [0, 0.05) is 17.6 Å². The number of halogens is 1. The molecule has 0 heterocycles. The van der Waals surface area contributed by atoms with Crippen LogP contribution in [0.3, 0.4) is 0 Å². The van der Waals surface area contributed by atoms with Crippen molar-refractivity contribution in [3.8, 4) is 5.75 Å². The second-order valence-corrected chi connectivity index (χ2v) is 4.15. The van der Waals surface area contributed by atoms with Crippen LogP contribution >= 0.6 is 11.6 Å². The fourth-order valence-corrected chi connectivity index (χ4v) is 1.50. The molecule has 1 rings (SSSR count). The van der Waals surface area contributed by atoms with E-state index >= 15 is 0 Å². The summed E-state index contributed by atoms with van der Waals surface area (Å²) in [6.07, 6.45) is 0.378. The van der Waals surface area contributed by atoms with Gasteiger partial charge in [-0.25, -0.2) is 0 Å². The number of ether oxygens (including phenoxy) is 1. The molecule has 0 aromatic heterocycles. The first-order chi connectivity index (χ1) is 7.58. The lowest BCUT2D eigenvalue weighted by atomic mass is 10.2. The van der Waals surface area contributed by atoms with Gasteiger partial charge in [-0.2, -0.15) is 0 Å². The number of hydrogen-bond donors (Lipinski definition) is 2. The summed E-state index contributed by atoms with van der Waals surface area (Å²) in [5, 5.41) is 13.3. The van der Waals surface area contributed by atoms with Crippen molar-refractivity contribution >= 4 is 17.3 Å². The molecule has 0 aliphatic rings. The molecule has 1 aromatic carbocycles. The molecule has 0 saturated heterocycles. The quantitative estimate of drug-likeness (QED) is 0.836. The molecule has 0 aliphatic carbocycles. The zero-order valence-corrected chi connectivity index (χ0v) is 10.6. The predicted molar refractivity (Wildman–Crippen MR) is 67.5 cm³/mol. The average molecular weight is 244 g/mol. The molecule has 0 spiro atoms. The summed E-state index contributed by atoms with van der Waals surface area (Å²) in [4.78, 5) is 0. The van der Waals surface area contributed by atoms with Gasteiger partial charge in [-0.3, -0.25) is 0 Å². The second-order valence-electron chi connectivity index (χ2n) is 3.74. The maximum atomic E-state index is 9.48. The van der Waals surface area contributed by atoms with Gasteiger partial charge in [0.2, 0.25) is 0 Å². The smallest absolute Gasteiger partial charge is 0.143 e. The molecule has 0 fully saturated rings. The van der Waals surface area contributed by atoms with Crippen LogP contribution in [0.5, 0.6) is 5.75 Å². The Labute approximate surface area is 101 Å². The summed E-state index contributed by atoms with van der Waals surface area (Å²) in [5.41, 5.74) is 1.84. The van der Waals surface area contributed by atoms with E-state index in [-0.39, 0.29) is 6.10 Å². The molecule has 1 atom stereocenters. The molecule has 2 N–H and O–H groups in total. The summed E-state index contributed by atoms with van der Waals surface area (Å²) in [6.45, 7) is 4.38. The van der Waals surface area contributed by atoms with E-state index in [2.05, 4.69) is 5.32 Å².